The normalized spacial score (nSPS) is 15.8. The first-order chi connectivity index (χ1) is 12.0. The Hall–Kier alpha value is -2.24. The zero-order chi connectivity index (χ0) is 17.6. The lowest BCUT2D eigenvalue weighted by Crippen LogP contribution is -2.40. The third kappa shape index (κ3) is 2.94. The monoisotopic (exact) mass is 359 g/mol. The minimum absolute atomic E-state index is 0.199. The predicted octanol–water partition coefficient (Wildman–Crippen LogP) is 4.13. The van der Waals surface area contributed by atoms with Crippen LogP contribution in [0.5, 0.6) is 5.75 Å². The number of rotatable bonds is 3. The van der Waals surface area contributed by atoms with Gasteiger partial charge in [0.05, 0.1) is 16.8 Å². The molecule has 1 aromatic carbocycles. The van der Waals surface area contributed by atoms with Crippen LogP contribution in [0.15, 0.2) is 44.2 Å². The van der Waals surface area contributed by atoms with Crippen LogP contribution < -0.4 is 10.4 Å². The third-order valence-electron chi connectivity index (χ3n) is 4.68. The molecule has 0 bridgehead atoms. The Morgan fingerprint density at radius 2 is 2.20 bits per heavy atom. The van der Waals surface area contributed by atoms with Crippen molar-refractivity contribution in [2.24, 2.45) is 0 Å². The molecule has 2 aromatic heterocycles. The summed E-state index contributed by atoms with van der Waals surface area (Å²) in [7, 11) is 0. The molecule has 0 unspecified atom stereocenters. The molecule has 0 saturated heterocycles. The van der Waals surface area contributed by atoms with Crippen molar-refractivity contribution >= 4 is 22.6 Å². The fourth-order valence-corrected chi connectivity index (χ4v) is 3.57. The van der Waals surface area contributed by atoms with Gasteiger partial charge in [0.1, 0.15) is 23.8 Å². The van der Waals surface area contributed by atoms with Crippen LogP contribution >= 0.6 is 11.6 Å². The highest BCUT2D eigenvalue weighted by molar-refractivity contribution is 6.33. The third-order valence-corrected chi connectivity index (χ3v) is 4.96. The van der Waals surface area contributed by atoms with Gasteiger partial charge in [-0.25, -0.2) is 4.79 Å². The highest BCUT2D eigenvalue weighted by Gasteiger charge is 2.27. The molecule has 0 N–H and O–H groups in total. The highest BCUT2D eigenvalue weighted by atomic mass is 35.5. The standard InChI is InChI=1S/C19H18ClNO4/c1-11-6-17(22)25-18-14(11)8-16(20)19-15(18)9-21(10-24-19)12(2)7-13-4-3-5-23-13/h3-6,8,12H,7,9-10H2,1-2H3/t12-/m0/s1. The van der Waals surface area contributed by atoms with E-state index in [1.165, 1.54) is 6.07 Å². The van der Waals surface area contributed by atoms with Crippen molar-refractivity contribution in [3.05, 3.63) is 62.9 Å². The zero-order valence-electron chi connectivity index (χ0n) is 14.0. The Balaban J connectivity index is 1.73. The summed E-state index contributed by atoms with van der Waals surface area (Å²) in [4.78, 5) is 14.0. The summed E-state index contributed by atoms with van der Waals surface area (Å²) in [6, 6.07) is 7.32. The lowest BCUT2D eigenvalue weighted by molar-refractivity contribution is 0.0607. The summed E-state index contributed by atoms with van der Waals surface area (Å²) in [5.74, 6) is 1.53. The predicted molar refractivity (Wildman–Crippen MR) is 95.1 cm³/mol. The Morgan fingerprint density at radius 3 is 2.96 bits per heavy atom. The Labute approximate surface area is 149 Å². The molecule has 5 nitrogen and oxygen atoms in total. The average Bonchev–Trinajstić information content (AvgIpc) is 3.09. The molecule has 0 aliphatic carbocycles. The molecule has 3 heterocycles. The van der Waals surface area contributed by atoms with Crippen molar-refractivity contribution in [2.45, 2.75) is 32.9 Å². The van der Waals surface area contributed by atoms with Crippen LogP contribution in [0.25, 0.3) is 11.0 Å². The molecule has 25 heavy (non-hydrogen) atoms. The lowest BCUT2D eigenvalue weighted by Gasteiger charge is -2.33. The van der Waals surface area contributed by atoms with Crippen molar-refractivity contribution in [1.29, 1.82) is 0 Å². The van der Waals surface area contributed by atoms with Crippen LogP contribution in [0.2, 0.25) is 5.02 Å². The summed E-state index contributed by atoms with van der Waals surface area (Å²) in [5, 5.41) is 1.38. The number of nitrogens with zero attached hydrogens (tertiary/aromatic N) is 1. The minimum Gasteiger partial charge on any atom is -0.476 e. The van der Waals surface area contributed by atoms with Gasteiger partial charge in [0.15, 0.2) is 0 Å². The number of fused-ring (bicyclic) bond motifs is 3. The van der Waals surface area contributed by atoms with Crippen LogP contribution in [-0.4, -0.2) is 17.7 Å². The first kappa shape index (κ1) is 16.2. The van der Waals surface area contributed by atoms with Crippen LogP contribution in [0.3, 0.4) is 0 Å². The summed E-state index contributed by atoms with van der Waals surface area (Å²) >= 11 is 6.40. The van der Waals surface area contributed by atoms with E-state index in [0.717, 1.165) is 28.7 Å². The number of furan rings is 1. The quantitative estimate of drug-likeness (QED) is 0.658. The molecule has 0 saturated carbocycles. The molecular weight excluding hydrogens is 342 g/mol. The summed E-state index contributed by atoms with van der Waals surface area (Å²) < 4.78 is 16.8. The van der Waals surface area contributed by atoms with Crippen LogP contribution in [0, 0.1) is 6.92 Å². The average molecular weight is 360 g/mol. The Bertz CT molecular complexity index is 977. The van der Waals surface area contributed by atoms with Crippen molar-refractivity contribution in [3.63, 3.8) is 0 Å². The maximum Gasteiger partial charge on any atom is 0.336 e. The SMILES string of the molecule is Cc1cc(=O)oc2c3c(c(Cl)cc12)OCN([C@@H](C)Cc1ccco1)C3. The molecule has 4 rings (SSSR count). The molecule has 1 aliphatic rings. The molecule has 6 heteroatoms. The van der Waals surface area contributed by atoms with E-state index in [9.17, 15) is 4.79 Å². The minimum atomic E-state index is -0.365. The van der Waals surface area contributed by atoms with Crippen LogP contribution in [0.4, 0.5) is 0 Å². The van der Waals surface area contributed by atoms with Gasteiger partial charge >= 0.3 is 5.63 Å². The second-order valence-electron chi connectivity index (χ2n) is 6.44. The van der Waals surface area contributed by atoms with E-state index in [-0.39, 0.29) is 11.7 Å². The van der Waals surface area contributed by atoms with Gasteiger partial charge in [-0.2, -0.15) is 0 Å². The number of benzene rings is 1. The largest absolute Gasteiger partial charge is 0.476 e. The van der Waals surface area contributed by atoms with Gasteiger partial charge in [-0.15, -0.1) is 0 Å². The van der Waals surface area contributed by atoms with Crippen molar-refractivity contribution < 1.29 is 13.6 Å². The molecule has 0 spiro atoms. The summed E-state index contributed by atoms with van der Waals surface area (Å²) in [6.07, 6.45) is 2.45. The van der Waals surface area contributed by atoms with Gasteiger partial charge < -0.3 is 13.6 Å². The van der Waals surface area contributed by atoms with E-state index < -0.39 is 0 Å². The first-order valence-corrected chi connectivity index (χ1v) is 8.56. The van der Waals surface area contributed by atoms with E-state index in [1.807, 2.05) is 19.1 Å². The lowest BCUT2D eigenvalue weighted by atomic mass is 10.0. The number of aryl methyl sites for hydroxylation is 1. The molecule has 0 amide bonds. The number of ether oxygens (including phenoxy) is 1. The molecule has 130 valence electrons. The highest BCUT2D eigenvalue weighted by Crippen LogP contribution is 2.39. The molecule has 0 radical (unpaired) electrons. The zero-order valence-corrected chi connectivity index (χ0v) is 14.8. The maximum absolute atomic E-state index is 11.8. The number of hydrogen-bond acceptors (Lipinski definition) is 5. The second-order valence-corrected chi connectivity index (χ2v) is 6.85. The maximum atomic E-state index is 11.8. The Kier molecular flexibility index (Phi) is 4.06. The van der Waals surface area contributed by atoms with Gasteiger partial charge in [-0.05, 0) is 37.6 Å². The van der Waals surface area contributed by atoms with Crippen LogP contribution in [-0.2, 0) is 13.0 Å². The van der Waals surface area contributed by atoms with Gasteiger partial charge in [-0.1, -0.05) is 11.6 Å². The first-order valence-electron chi connectivity index (χ1n) is 8.18. The van der Waals surface area contributed by atoms with Crippen molar-refractivity contribution in [1.82, 2.24) is 4.90 Å². The Morgan fingerprint density at radius 1 is 1.36 bits per heavy atom. The van der Waals surface area contributed by atoms with Gasteiger partial charge in [-0.3, -0.25) is 4.90 Å². The molecule has 1 atom stereocenters. The number of hydrogen-bond donors (Lipinski definition) is 0. The fraction of sp³-hybridized carbons (Fsp3) is 0.316. The molecule has 0 fully saturated rings. The van der Waals surface area contributed by atoms with Crippen molar-refractivity contribution in [2.75, 3.05) is 6.73 Å². The summed E-state index contributed by atoms with van der Waals surface area (Å²) in [6.45, 7) is 5.02. The van der Waals surface area contributed by atoms with Crippen molar-refractivity contribution in [3.8, 4) is 5.75 Å². The van der Waals surface area contributed by atoms with E-state index in [2.05, 4.69) is 11.8 Å². The smallest absolute Gasteiger partial charge is 0.336 e. The van der Waals surface area contributed by atoms with E-state index in [1.54, 1.807) is 12.3 Å². The van der Waals surface area contributed by atoms with E-state index in [0.29, 0.717) is 29.6 Å². The van der Waals surface area contributed by atoms with E-state index >= 15 is 0 Å². The van der Waals surface area contributed by atoms with Gasteiger partial charge in [0.25, 0.3) is 0 Å². The van der Waals surface area contributed by atoms with Gasteiger partial charge in [0, 0.05) is 30.5 Å². The number of halogens is 1. The van der Waals surface area contributed by atoms with E-state index in [4.69, 9.17) is 25.2 Å². The topological polar surface area (TPSA) is 55.8 Å². The van der Waals surface area contributed by atoms with Gasteiger partial charge in [0.2, 0.25) is 0 Å². The second kappa shape index (κ2) is 6.24. The molecular formula is C19H18ClNO4. The summed E-state index contributed by atoms with van der Waals surface area (Å²) in [5.41, 5.74) is 1.85. The molecule has 3 aromatic rings. The molecule has 1 aliphatic heterocycles. The fourth-order valence-electron chi connectivity index (χ4n) is 3.29. The van der Waals surface area contributed by atoms with Crippen LogP contribution in [0.1, 0.15) is 23.8 Å².